The lowest BCUT2D eigenvalue weighted by molar-refractivity contribution is -0.149. The van der Waals surface area contributed by atoms with Gasteiger partial charge in [0.25, 0.3) is 0 Å². The molecule has 0 atom stereocenters. The van der Waals surface area contributed by atoms with Crippen molar-refractivity contribution in [2.45, 2.75) is 26.9 Å². The first-order chi connectivity index (χ1) is 8.40. The van der Waals surface area contributed by atoms with Gasteiger partial charge >= 0.3 is 5.97 Å². The number of rotatable bonds is 5. The zero-order valence-corrected chi connectivity index (χ0v) is 11.3. The molecule has 0 aliphatic carbocycles. The van der Waals surface area contributed by atoms with Crippen LogP contribution in [0.3, 0.4) is 0 Å². The molecule has 0 aromatic heterocycles. The summed E-state index contributed by atoms with van der Waals surface area (Å²) in [4.78, 5) is 22.7. The van der Waals surface area contributed by atoms with E-state index in [1.54, 1.807) is 26.0 Å². The van der Waals surface area contributed by atoms with E-state index in [1.807, 2.05) is 0 Å². The predicted octanol–water partition coefficient (Wildman–Crippen LogP) is 2.87. The van der Waals surface area contributed by atoms with Crippen LogP contribution in [0.1, 0.15) is 31.1 Å². The first-order valence-electron chi connectivity index (χ1n) is 5.53. The quantitative estimate of drug-likeness (QED) is 0.610. The van der Waals surface area contributed by atoms with Crippen molar-refractivity contribution >= 4 is 23.4 Å². The van der Waals surface area contributed by atoms with E-state index in [0.717, 1.165) is 0 Å². The molecular formula is C13H15ClO4. The van der Waals surface area contributed by atoms with Crippen molar-refractivity contribution in [1.82, 2.24) is 0 Å². The van der Waals surface area contributed by atoms with Crippen molar-refractivity contribution < 1.29 is 19.1 Å². The van der Waals surface area contributed by atoms with Gasteiger partial charge in [0.15, 0.2) is 12.4 Å². The average Bonchev–Trinajstić information content (AvgIpc) is 2.26. The van der Waals surface area contributed by atoms with Crippen molar-refractivity contribution in [2.24, 2.45) is 0 Å². The second-order valence-corrected chi connectivity index (χ2v) is 4.46. The van der Waals surface area contributed by atoms with Gasteiger partial charge in [0.05, 0.1) is 11.7 Å². The highest BCUT2D eigenvalue weighted by atomic mass is 35.5. The number of hydrogen-bond acceptors (Lipinski definition) is 4. The highest BCUT2D eigenvalue weighted by Crippen LogP contribution is 2.23. The van der Waals surface area contributed by atoms with E-state index < -0.39 is 5.97 Å². The molecule has 0 bridgehead atoms. The molecule has 0 amide bonds. The van der Waals surface area contributed by atoms with E-state index in [-0.39, 0.29) is 18.5 Å². The Labute approximate surface area is 111 Å². The maximum absolute atomic E-state index is 11.4. The fourth-order valence-corrected chi connectivity index (χ4v) is 1.51. The molecule has 18 heavy (non-hydrogen) atoms. The second kappa shape index (κ2) is 6.40. The number of carbonyl (C=O) groups excluding carboxylic acids is 2. The van der Waals surface area contributed by atoms with Crippen LogP contribution in [0.4, 0.5) is 0 Å². The fraction of sp³-hybridized carbons (Fsp3) is 0.385. The Kier molecular flexibility index (Phi) is 5.16. The number of ketones is 1. The molecule has 0 saturated carbocycles. The Bertz CT molecular complexity index is 454. The van der Waals surface area contributed by atoms with Crippen LogP contribution in [0.2, 0.25) is 5.02 Å². The minimum absolute atomic E-state index is 0.176. The maximum Gasteiger partial charge on any atom is 0.344 e. The van der Waals surface area contributed by atoms with Crippen LogP contribution in [-0.4, -0.2) is 24.5 Å². The van der Waals surface area contributed by atoms with Gasteiger partial charge in [-0.05, 0) is 39.0 Å². The van der Waals surface area contributed by atoms with Crippen molar-refractivity contribution in [2.75, 3.05) is 6.61 Å². The van der Waals surface area contributed by atoms with Gasteiger partial charge in [-0.2, -0.15) is 0 Å². The van der Waals surface area contributed by atoms with E-state index >= 15 is 0 Å². The molecule has 0 heterocycles. The molecule has 0 radical (unpaired) electrons. The Balaban J connectivity index is 2.73. The molecule has 0 unspecified atom stereocenters. The number of carbonyl (C=O) groups is 2. The average molecular weight is 271 g/mol. The molecule has 1 aromatic carbocycles. The van der Waals surface area contributed by atoms with E-state index in [1.165, 1.54) is 13.0 Å². The molecule has 4 nitrogen and oxygen atoms in total. The third kappa shape index (κ3) is 4.37. The molecule has 5 heteroatoms. The van der Waals surface area contributed by atoms with Gasteiger partial charge in [-0.3, -0.25) is 4.79 Å². The molecule has 0 saturated heterocycles. The molecule has 98 valence electrons. The van der Waals surface area contributed by atoms with Gasteiger partial charge in [-0.25, -0.2) is 4.79 Å². The molecule has 0 spiro atoms. The minimum Gasteiger partial charge on any atom is -0.481 e. The van der Waals surface area contributed by atoms with Crippen molar-refractivity contribution in [3.8, 4) is 5.75 Å². The van der Waals surface area contributed by atoms with Crippen LogP contribution >= 0.6 is 11.6 Å². The summed E-state index contributed by atoms with van der Waals surface area (Å²) in [7, 11) is 0. The second-order valence-electron chi connectivity index (χ2n) is 4.02. The Morgan fingerprint density at radius 2 is 2.00 bits per heavy atom. The third-order valence-corrected chi connectivity index (χ3v) is 2.27. The summed E-state index contributed by atoms with van der Waals surface area (Å²) < 4.78 is 10.2. The molecule has 0 aliphatic rings. The molecule has 1 aromatic rings. The van der Waals surface area contributed by atoms with Crippen molar-refractivity contribution in [3.63, 3.8) is 0 Å². The van der Waals surface area contributed by atoms with E-state index in [4.69, 9.17) is 21.1 Å². The predicted molar refractivity (Wildman–Crippen MR) is 68.2 cm³/mol. The van der Waals surface area contributed by atoms with Gasteiger partial charge in [-0.1, -0.05) is 11.6 Å². The summed E-state index contributed by atoms with van der Waals surface area (Å²) in [5.41, 5.74) is 0.347. The fourth-order valence-electron chi connectivity index (χ4n) is 1.34. The monoisotopic (exact) mass is 270 g/mol. The van der Waals surface area contributed by atoms with Crippen LogP contribution in [-0.2, 0) is 9.53 Å². The Morgan fingerprint density at radius 1 is 1.33 bits per heavy atom. The van der Waals surface area contributed by atoms with Crippen LogP contribution in [0.25, 0.3) is 0 Å². The summed E-state index contributed by atoms with van der Waals surface area (Å²) in [5.74, 6) is -0.327. The summed E-state index contributed by atoms with van der Waals surface area (Å²) in [5, 5.41) is 0.442. The lowest BCUT2D eigenvalue weighted by atomic mass is 10.1. The number of benzene rings is 1. The largest absolute Gasteiger partial charge is 0.481 e. The van der Waals surface area contributed by atoms with E-state index in [2.05, 4.69) is 0 Å². The van der Waals surface area contributed by atoms with Gasteiger partial charge in [0, 0.05) is 5.02 Å². The lowest BCUT2D eigenvalue weighted by Gasteiger charge is -2.11. The third-order valence-electron chi connectivity index (χ3n) is 2.03. The van der Waals surface area contributed by atoms with Crippen molar-refractivity contribution in [3.05, 3.63) is 28.8 Å². The number of esters is 1. The number of halogens is 1. The van der Waals surface area contributed by atoms with Crippen LogP contribution in [0, 0.1) is 0 Å². The number of Topliss-reactive ketones (excluding diaryl/α,β-unsaturated/α-hetero) is 1. The number of ether oxygens (including phenoxy) is 2. The highest BCUT2D eigenvalue weighted by Gasteiger charge is 2.12. The molecule has 0 fully saturated rings. The first-order valence-corrected chi connectivity index (χ1v) is 5.90. The Morgan fingerprint density at radius 3 is 2.56 bits per heavy atom. The van der Waals surface area contributed by atoms with Gasteiger partial charge in [-0.15, -0.1) is 0 Å². The highest BCUT2D eigenvalue weighted by molar-refractivity contribution is 6.31. The van der Waals surface area contributed by atoms with Gasteiger partial charge in [0.1, 0.15) is 5.75 Å². The zero-order valence-electron chi connectivity index (χ0n) is 10.5. The minimum atomic E-state index is -0.477. The van der Waals surface area contributed by atoms with Crippen LogP contribution in [0.5, 0.6) is 5.75 Å². The maximum atomic E-state index is 11.4. The molecule has 1 rings (SSSR count). The Hall–Kier alpha value is -1.55. The molecule has 0 N–H and O–H groups in total. The summed E-state index contributed by atoms with van der Waals surface area (Å²) >= 11 is 5.79. The SMILES string of the molecule is CC(=O)c1cc(Cl)ccc1OCC(=O)OC(C)C. The van der Waals surface area contributed by atoms with Crippen molar-refractivity contribution in [1.29, 1.82) is 0 Å². The normalized spacial score (nSPS) is 10.3. The molecule has 0 aliphatic heterocycles. The molecular weight excluding hydrogens is 256 g/mol. The summed E-state index contributed by atoms with van der Waals surface area (Å²) in [6.45, 7) is 4.67. The topological polar surface area (TPSA) is 52.6 Å². The number of hydrogen-bond donors (Lipinski definition) is 0. The summed E-state index contributed by atoms with van der Waals surface area (Å²) in [6, 6.07) is 4.66. The first kappa shape index (κ1) is 14.5. The van der Waals surface area contributed by atoms with Gasteiger partial charge < -0.3 is 9.47 Å². The summed E-state index contributed by atoms with van der Waals surface area (Å²) in [6.07, 6.45) is -0.196. The standard InChI is InChI=1S/C13H15ClO4/c1-8(2)18-13(16)7-17-12-5-4-10(14)6-11(12)9(3)15/h4-6,8H,7H2,1-3H3. The van der Waals surface area contributed by atoms with E-state index in [9.17, 15) is 9.59 Å². The van der Waals surface area contributed by atoms with Crippen LogP contribution in [0.15, 0.2) is 18.2 Å². The van der Waals surface area contributed by atoms with E-state index in [0.29, 0.717) is 16.3 Å². The van der Waals surface area contributed by atoms with Crippen LogP contribution < -0.4 is 4.74 Å². The van der Waals surface area contributed by atoms with Gasteiger partial charge in [0.2, 0.25) is 0 Å². The lowest BCUT2D eigenvalue weighted by Crippen LogP contribution is -2.19. The smallest absolute Gasteiger partial charge is 0.344 e. The zero-order chi connectivity index (χ0) is 13.7.